The van der Waals surface area contributed by atoms with Gasteiger partial charge in [0.25, 0.3) is 0 Å². The molecule has 3 aromatic rings. The summed E-state index contributed by atoms with van der Waals surface area (Å²) in [6.45, 7) is 4.10. The minimum Gasteiger partial charge on any atom is -0.481 e. The summed E-state index contributed by atoms with van der Waals surface area (Å²) in [5.41, 5.74) is 5.09. The van der Waals surface area contributed by atoms with E-state index in [-0.39, 0.29) is 6.42 Å². The van der Waals surface area contributed by atoms with Crippen molar-refractivity contribution < 1.29 is 14.4 Å². The number of aryl methyl sites for hydroxylation is 3. The van der Waals surface area contributed by atoms with Gasteiger partial charge in [0.05, 0.1) is 0 Å². The van der Waals surface area contributed by atoms with E-state index < -0.39 is 5.97 Å². The molecule has 1 aromatic heterocycles. The van der Waals surface area contributed by atoms with Gasteiger partial charge in [0.15, 0.2) is 5.76 Å². The largest absolute Gasteiger partial charge is 0.481 e. The van der Waals surface area contributed by atoms with E-state index in [2.05, 4.69) is 23.4 Å². The predicted molar refractivity (Wildman–Crippen MR) is 84.9 cm³/mol. The van der Waals surface area contributed by atoms with Crippen LogP contribution < -0.4 is 0 Å². The quantitative estimate of drug-likeness (QED) is 0.786. The van der Waals surface area contributed by atoms with Crippen LogP contribution in [0.4, 0.5) is 0 Å². The van der Waals surface area contributed by atoms with Crippen molar-refractivity contribution in [3.63, 3.8) is 0 Å². The molecular formula is C18H17NO3. The van der Waals surface area contributed by atoms with Crippen molar-refractivity contribution in [2.24, 2.45) is 0 Å². The summed E-state index contributed by atoms with van der Waals surface area (Å²) >= 11 is 0. The molecule has 0 saturated heterocycles. The Balaban J connectivity index is 2.06. The molecule has 0 spiro atoms. The number of nitrogens with zero attached hydrogens (tertiary/aromatic N) is 1. The molecule has 22 heavy (non-hydrogen) atoms. The first-order valence-electron chi connectivity index (χ1n) is 7.22. The molecule has 0 fully saturated rings. The Labute approximate surface area is 128 Å². The lowest BCUT2D eigenvalue weighted by Crippen LogP contribution is -1.97. The molecule has 0 bridgehead atoms. The van der Waals surface area contributed by atoms with Crippen LogP contribution in [0.25, 0.3) is 22.2 Å². The van der Waals surface area contributed by atoms with Crippen LogP contribution in [0.5, 0.6) is 0 Å². The van der Waals surface area contributed by atoms with E-state index in [1.807, 2.05) is 32.0 Å². The summed E-state index contributed by atoms with van der Waals surface area (Å²) in [5, 5.41) is 13.8. The zero-order valence-corrected chi connectivity index (χ0v) is 12.6. The van der Waals surface area contributed by atoms with Crippen LogP contribution in [-0.2, 0) is 11.2 Å². The van der Waals surface area contributed by atoms with Gasteiger partial charge >= 0.3 is 5.97 Å². The monoisotopic (exact) mass is 295 g/mol. The van der Waals surface area contributed by atoms with E-state index >= 15 is 0 Å². The SMILES string of the molecule is Cc1cc(C)cc(-c2onc3ccc(CCC(=O)O)cc23)c1. The van der Waals surface area contributed by atoms with Crippen LogP contribution in [0.3, 0.4) is 0 Å². The van der Waals surface area contributed by atoms with Crippen LogP contribution in [0.2, 0.25) is 0 Å². The zero-order chi connectivity index (χ0) is 15.7. The Morgan fingerprint density at radius 2 is 1.86 bits per heavy atom. The Hall–Kier alpha value is -2.62. The van der Waals surface area contributed by atoms with E-state index in [4.69, 9.17) is 9.63 Å². The minimum absolute atomic E-state index is 0.121. The van der Waals surface area contributed by atoms with Gasteiger partial charge in [0.2, 0.25) is 0 Å². The Kier molecular flexibility index (Phi) is 3.67. The van der Waals surface area contributed by atoms with E-state index in [1.54, 1.807) is 0 Å². The Morgan fingerprint density at radius 3 is 2.55 bits per heavy atom. The second-order valence-electron chi connectivity index (χ2n) is 5.63. The average Bonchev–Trinajstić information content (AvgIpc) is 2.87. The molecule has 3 rings (SSSR count). The van der Waals surface area contributed by atoms with Gasteiger partial charge in [-0.1, -0.05) is 28.4 Å². The first-order chi connectivity index (χ1) is 10.5. The molecule has 1 N–H and O–H groups in total. The van der Waals surface area contributed by atoms with Crippen LogP contribution in [0.1, 0.15) is 23.1 Å². The highest BCUT2D eigenvalue weighted by Gasteiger charge is 2.12. The number of aromatic nitrogens is 1. The van der Waals surface area contributed by atoms with Crippen molar-refractivity contribution in [3.05, 3.63) is 53.1 Å². The maximum Gasteiger partial charge on any atom is 0.303 e. The van der Waals surface area contributed by atoms with Gasteiger partial charge in [-0.05, 0) is 50.1 Å². The number of carboxylic acids is 1. The van der Waals surface area contributed by atoms with Crippen LogP contribution in [0, 0.1) is 13.8 Å². The molecule has 0 aliphatic rings. The highest BCUT2D eigenvalue weighted by atomic mass is 16.5. The van der Waals surface area contributed by atoms with Gasteiger partial charge in [-0.2, -0.15) is 0 Å². The maximum absolute atomic E-state index is 10.7. The third kappa shape index (κ3) is 2.86. The van der Waals surface area contributed by atoms with Gasteiger partial charge < -0.3 is 9.63 Å². The first kappa shape index (κ1) is 14.3. The zero-order valence-electron chi connectivity index (χ0n) is 12.6. The summed E-state index contributed by atoms with van der Waals surface area (Å²) in [5.74, 6) is -0.0566. The number of hydrogen-bond acceptors (Lipinski definition) is 3. The van der Waals surface area contributed by atoms with Gasteiger partial charge in [-0.15, -0.1) is 0 Å². The van der Waals surface area contributed by atoms with Crippen molar-refractivity contribution in [1.82, 2.24) is 5.16 Å². The highest BCUT2D eigenvalue weighted by molar-refractivity contribution is 5.92. The molecule has 2 aromatic carbocycles. The second-order valence-corrected chi connectivity index (χ2v) is 5.63. The lowest BCUT2D eigenvalue weighted by atomic mass is 10.0. The van der Waals surface area contributed by atoms with Gasteiger partial charge in [-0.25, -0.2) is 0 Å². The van der Waals surface area contributed by atoms with Gasteiger partial charge in [0, 0.05) is 17.4 Å². The molecule has 0 unspecified atom stereocenters. The fourth-order valence-electron chi connectivity index (χ4n) is 2.71. The van der Waals surface area contributed by atoms with E-state index in [1.165, 1.54) is 11.1 Å². The van der Waals surface area contributed by atoms with Crippen molar-refractivity contribution in [1.29, 1.82) is 0 Å². The summed E-state index contributed by atoms with van der Waals surface area (Å²) in [7, 11) is 0. The molecule has 0 atom stereocenters. The highest BCUT2D eigenvalue weighted by Crippen LogP contribution is 2.30. The first-order valence-corrected chi connectivity index (χ1v) is 7.22. The van der Waals surface area contributed by atoms with E-state index in [0.29, 0.717) is 6.42 Å². The number of carboxylic acid groups (broad SMARTS) is 1. The Bertz CT molecular complexity index is 828. The minimum atomic E-state index is -0.792. The number of rotatable bonds is 4. The van der Waals surface area contributed by atoms with Crippen LogP contribution in [-0.4, -0.2) is 16.2 Å². The summed E-state index contributed by atoms with van der Waals surface area (Å²) in [6.07, 6.45) is 0.623. The molecule has 0 saturated carbocycles. The smallest absolute Gasteiger partial charge is 0.303 e. The fraction of sp³-hybridized carbons (Fsp3) is 0.222. The second kappa shape index (κ2) is 5.64. The molecular weight excluding hydrogens is 278 g/mol. The Morgan fingerprint density at radius 1 is 1.14 bits per heavy atom. The normalized spacial score (nSPS) is 11.0. The maximum atomic E-state index is 10.7. The molecule has 112 valence electrons. The van der Waals surface area contributed by atoms with Crippen LogP contribution >= 0.6 is 0 Å². The number of fused-ring (bicyclic) bond motifs is 1. The van der Waals surface area contributed by atoms with Crippen molar-refractivity contribution in [2.45, 2.75) is 26.7 Å². The molecule has 4 heteroatoms. The van der Waals surface area contributed by atoms with Crippen molar-refractivity contribution in [3.8, 4) is 11.3 Å². The summed E-state index contributed by atoms with van der Waals surface area (Å²) < 4.78 is 5.53. The van der Waals surface area contributed by atoms with Crippen molar-refractivity contribution in [2.75, 3.05) is 0 Å². The average molecular weight is 295 g/mol. The number of hydrogen-bond donors (Lipinski definition) is 1. The van der Waals surface area contributed by atoms with E-state index in [9.17, 15) is 4.79 Å². The van der Waals surface area contributed by atoms with E-state index in [0.717, 1.165) is 27.8 Å². The number of carbonyl (C=O) groups is 1. The standard InChI is InChI=1S/C18H17NO3/c1-11-7-12(2)9-14(8-11)18-15-10-13(4-6-17(20)21)3-5-16(15)19-22-18/h3,5,7-10H,4,6H2,1-2H3,(H,20,21). The molecule has 0 radical (unpaired) electrons. The molecule has 1 heterocycles. The summed E-state index contributed by atoms with van der Waals surface area (Å²) in [4.78, 5) is 10.7. The fourth-order valence-corrected chi connectivity index (χ4v) is 2.71. The third-order valence-electron chi connectivity index (χ3n) is 3.65. The molecule has 4 nitrogen and oxygen atoms in total. The lowest BCUT2D eigenvalue weighted by Gasteiger charge is -2.03. The predicted octanol–water partition coefficient (Wildman–Crippen LogP) is 4.13. The van der Waals surface area contributed by atoms with Crippen LogP contribution in [0.15, 0.2) is 40.9 Å². The van der Waals surface area contributed by atoms with Gasteiger partial charge in [-0.3, -0.25) is 4.79 Å². The number of aliphatic carboxylic acids is 1. The third-order valence-corrected chi connectivity index (χ3v) is 3.65. The van der Waals surface area contributed by atoms with Gasteiger partial charge in [0.1, 0.15) is 5.52 Å². The topological polar surface area (TPSA) is 63.3 Å². The number of benzene rings is 2. The lowest BCUT2D eigenvalue weighted by molar-refractivity contribution is -0.136. The molecule has 0 aliphatic heterocycles. The molecule has 0 aliphatic carbocycles. The molecule has 0 amide bonds. The summed E-state index contributed by atoms with van der Waals surface area (Å²) in [6, 6.07) is 12.0. The van der Waals surface area contributed by atoms with Crippen molar-refractivity contribution >= 4 is 16.9 Å².